The van der Waals surface area contributed by atoms with Crippen molar-refractivity contribution in [3.8, 4) is 0 Å². The molecule has 0 radical (unpaired) electrons. The van der Waals surface area contributed by atoms with Gasteiger partial charge in [-0.15, -0.1) is 0 Å². The smallest absolute Gasteiger partial charge is 0.332 e. The van der Waals surface area contributed by atoms with Crippen LogP contribution in [0.15, 0.2) is 41.2 Å². The summed E-state index contributed by atoms with van der Waals surface area (Å²) in [6, 6.07) is 6.53. The first kappa shape index (κ1) is 20.5. The highest BCUT2D eigenvalue weighted by Gasteiger charge is 2.52. The first-order chi connectivity index (χ1) is 14.7. The number of amides is 3. The summed E-state index contributed by atoms with van der Waals surface area (Å²) in [7, 11) is 0. The lowest BCUT2D eigenvalue weighted by Crippen LogP contribution is -2.43. The van der Waals surface area contributed by atoms with Crippen LogP contribution in [0, 0.1) is 13.8 Å². The lowest BCUT2D eigenvalue weighted by atomic mass is 10.0. The third-order valence-corrected chi connectivity index (χ3v) is 5.66. The molecule has 0 saturated carbocycles. The van der Waals surface area contributed by atoms with Crippen molar-refractivity contribution in [3.05, 3.63) is 64.8 Å². The molecular weight excluding hydrogens is 398 g/mol. The molecule has 1 aromatic carbocycles. The highest BCUT2D eigenvalue weighted by atomic mass is 16.5. The first-order valence-electron chi connectivity index (χ1n) is 9.87. The normalized spacial score (nSPS) is 15.7. The largest absolute Gasteiger partial charge is 0.361 e. The van der Waals surface area contributed by atoms with Gasteiger partial charge < -0.3 is 9.42 Å². The van der Waals surface area contributed by atoms with Crippen LogP contribution < -0.4 is 4.90 Å². The maximum Gasteiger partial charge on any atom is 0.332 e. The predicted molar refractivity (Wildman–Crippen MR) is 112 cm³/mol. The number of carbonyl (C=O) groups is 3. The van der Waals surface area contributed by atoms with Crippen molar-refractivity contribution in [1.29, 1.82) is 0 Å². The molecule has 3 heterocycles. The first-order valence-corrected chi connectivity index (χ1v) is 9.87. The molecule has 2 aromatic heterocycles. The summed E-state index contributed by atoms with van der Waals surface area (Å²) >= 11 is 0. The Labute approximate surface area is 179 Å². The molecule has 0 atom stereocenters. The van der Waals surface area contributed by atoms with Crippen LogP contribution in [0.25, 0.3) is 0 Å². The van der Waals surface area contributed by atoms with Gasteiger partial charge in [-0.3, -0.25) is 14.3 Å². The van der Waals surface area contributed by atoms with E-state index in [0.717, 1.165) is 28.0 Å². The summed E-state index contributed by atoms with van der Waals surface area (Å²) < 4.78 is 6.83. The van der Waals surface area contributed by atoms with Gasteiger partial charge in [0.1, 0.15) is 17.6 Å². The molecule has 3 amide bonds. The monoisotopic (exact) mass is 421 g/mol. The molecule has 0 N–H and O–H groups in total. The van der Waals surface area contributed by atoms with Crippen molar-refractivity contribution in [1.82, 2.24) is 19.8 Å². The summed E-state index contributed by atoms with van der Waals surface area (Å²) in [6.07, 6.45) is 3.94. The number of benzene rings is 1. The van der Waals surface area contributed by atoms with Crippen LogP contribution in [0.3, 0.4) is 0 Å². The second kappa shape index (κ2) is 7.50. The van der Waals surface area contributed by atoms with Gasteiger partial charge in [0.2, 0.25) is 0 Å². The van der Waals surface area contributed by atoms with Crippen molar-refractivity contribution >= 4 is 23.9 Å². The molecule has 3 aromatic rings. The number of carbonyl (C=O) groups excluding carboxylic acids is 3. The zero-order chi connectivity index (χ0) is 22.3. The number of rotatable bonds is 6. The molecular formula is C22H23N5O4. The Hall–Kier alpha value is -3.75. The van der Waals surface area contributed by atoms with Gasteiger partial charge in [0.25, 0.3) is 5.91 Å². The SMILES string of the molecule is Cc1noc(C)c1Cn1cc(N2C(=O)N(Cc3ccc(C=O)cc3)C(C)(C)C2=O)cn1. The summed E-state index contributed by atoms with van der Waals surface area (Å²) in [5.74, 6) is 0.384. The topological polar surface area (TPSA) is 102 Å². The summed E-state index contributed by atoms with van der Waals surface area (Å²) in [6.45, 7) is 7.80. The van der Waals surface area contributed by atoms with E-state index in [9.17, 15) is 14.4 Å². The number of anilines is 1. The quantitative estimate of drug-likeness (QED) is 0.448. The maximum absolute atomic E-state index is 13.2. The van der Waals surface area contributed by atoms with Gasteiger partial charge in [-0.1, -0.05) is 29.4 Å². The molecule has 0 aliphatic carbocycles. The van der Waals surface area contributed by atoms with E-state index in [-0.39, 0.29) is 12.5 Å². The van der Waals surface area contributed by atoms with Crippen LogP contribution in [-0.2, 0) is 17.9 Å². The standard InChI is InChI=1S/C22H23N5O4/c1-14-19(15(2)31-24-14)12-25-11-18(9-23-25)27-20(29)22(3,4)26(21(27)30)10-16-5-7-17(13-28)8-6-16/h5-9,11,13H,10,12H2,1-4H3. The fourth-order valence-electron chi connectivity index (χ4n) is 3.66. The Morgan fingerprint density at radius 2 is 1.81 bits per heavy atom. The van der Waals surface area contributed by atoms with E-state index in [4.69, 9.17) is 4.52 Å². The van der Waals surface area contributed by atoms with Crippen molar-refractivity contribution in [2.24, 2.45) is 0 Å². The molecule has 31 heavy (non-hydrogen) atoms. The Kier molecular flexibility index (Phi) is 4.96. The third-order valence-electron chi connectivity index (χ3n) is 5.66. The summed E-state index contributed by atoms with van der Waals surface area (Å²) in [4.78, 5) is 39.9. The van der Waals surface area contributed by atoms with Crippen LogP contribution in [0.1, 0.15) is 46.8 Å². The van der Waals surface area contributed by atoms with E-state index in [0.29, 0.717) is 23.6 Å². The number of aryl methyl sites for hydroxylation is 2. The van der Waals surface area contributed by atoms with Gasteiger partial charge in [0.05, 0.1) is 24.1 Å². The van der Waals surface area contributed by atoms with Crippen LogP contribution in [0.5, 0.6) is 0 Å². The van der Waals surface area contributed by atoms with Gasteiger partial charge in [-0.2, -0.15) is 5.10 Å². The average Bonchev–Trinajstić information content (AvgIpc) is 3.38. The molecule has 1 aliphatic heterocycles. The number of nitrogens with zero attached hydrogens (tertiary/aromatic N) is 5. The van der Waals surface area contributed by atoms with Gasteiger partial charge in [-0.25, -0.2) is 9.69 Å². The average molecular weight is 421 g/mol. The lowest BCUT2D eigenvalue weighted by molar-refractivity contribution is -0.123. The molecule has 1 fully saturated rings. The number of urea groups is 1. The minimum absolute atomic E-state index is 0.250. The van der Waals surface area contributed by atoms with E-state index in [2.05, 4.69) is 10.3 Å². The van der Waals surface area contributed by atoms with Gasteiger partial charge in [-0.05, 0) is 33.3 Å². The van der Waals surface area contributed by atoms with Gasteiger partial charge >= 0.3 is 6.03 Å². The van der Waals surface area contributed by atoms with E-state index in [1.807, 2.05) is 13.8 Å². The second-order valence-corrected chi connectivity index (χ2v) is 8.13. The Morgan fingerprint density at radius 1 is 1.10 bits per heavy atom. The fraction of sp³-hybridized carbons (Fsp3) is 0.318. The molecule has 1 saturated heterocycles. The van der Waals surface area contributed by atoms with Crippen molar-refractivity contribution in [2.45, 2.75) is 46.3 Å². The van der Waals surface area contributed by atoms with Gasteiger partial charge in [0, 0.05) is 23.9 Å². The highest BCUT2D eigenvalue weighted by molar-refractivity contribution is 6.22. The molecule has 160 valence electrons. The minimum atomic E-state index is -1.02. The molecule has 4 rings (SSSR count). The number of hydrogen-bond acceptors (Lipinski definition) is 6. The van der Waals surface area contributed by atoms with Crippen molar-refractivity contribution < 1.29 is 18.9 Å². The third kappa shape index (κ3) is 3.52. The predicted octanol–water partition coefficient (Wildman–Crippen LogP) is 3.10. The van der Waals surface area contributed by atoms with E-state index >= 15 is 0 Å². The van der Waals surface area contributed by atoms with E-state index in [1.165, 1.54) is 11.1 Å². The Balaban J connectivity index is 1.58. The molecule has 0 spiro atoms. The van der Waals surface area contributed by atoms with E-state index in [1.54, 1.807) is 49.0 Å². The maximum atomic E-state index is 13.2. The lowest BCUT2D eigenvalue weighted by Gasteiger charge is -2.27. The van der Waals surface area contributed by atoms with Crippen molar-refractivity contribution in [3.63, 3.8) is 0 Å². The molecule has 1 aliphatic rings. The second-order valence-electron chi connectivity index (χ2n) is 8.13. The molecule has 0 unspecified atom stereocenters. The van der Waals surface area contributed by atoms with E-state index < -0.39 is 11.6 Å². The fourth-order valence-corrected chi connectivity index (χ4v) is 3.66. The minimum Gasteiger partial charge on any atom is -0.361 e. The molecule has 9 nitrogen and oxygen atoms in total. The van der Waals surface area contributed by atoms with Crippen LogP contribution in [-0.4, -0.2) is 43.6 Å². The number of imide groups is 1. The summed E-state index contributed by atoms with van der Waals surface area (Å²) in [5.41, 5.74) is 2.46. The molecule has 9 heteroatoms. The van der Waals surface area contributed by atoms with Crippen molar-refractivity contribution in [2.75, 3.05) is 4.90 Å². The Bertz CT molecular complexity index is 1140. The summed E-state index contributed by atoms with van der Waals surface area (Å²) in [5, 5.41) is 8.25. The zero-order valence-electron chi connectivity index (χ0n) is 17.8. The zero-order valence-corrected chi connectivity index (χ0v) is 17.8. The molecule has 0 bridgehead atoms. The van der Waals surface area contributed by atoms with Crippen LogP contribution in [0.2, 0.25) is 0 Å². The van der Waals surface area contributed by atoms with Gasteiger partial charge in [0.15, 0.2) is 0 Å². The highest BCUT2D eigenvalue weighted by Crippen LogP contribution is 2.33. The van der Waals surface area contributed by atoms with Crippen LogP contribution >= 0.6 is 0 Å². The van der Waals surface area contributed by atoms with Crippen LogP contribution in [0.4, 0.5) is 10.5 Å². The number of aldehydes is 1. The number of hydrogen-bond donors (Lipinski definition) is 0. The number of aromatic nitrogens is 3. The Morgan fingerprint density at radius 3 is 2.42 bits per heavy atom.